The molecule has 21 heavy (non-hydrogen) atoms. The second-order valence-corrected chi connectivity index (χ2v) is 5.45. The van der Waals surface area contributed by atoms with Crippen LogP contribution in [-0.4, -0.2) is 13.1 Å². The van der Waals surface area contributed by atoms with Crippen LogP contribution in [0, 0.1) is 17.6 Å². The Labute approximate surface area is 123 Å². The quantitative estimate of drug-likeness (QED) is 0.936. The molecule has 0 bridgehead atoms. The summed E-state index contributed by atoms with van der Waals surface area (Å²) in [6.07, 6.45) is 0.982. The van der Waals surface area contributed by atoms with Crippen LogP contribution in [-0.2, 0) is 0 Å². The maximum atomic E-state index is 13.1. The van der Waals surface area contributed by atoms with Gasteiger partial charge in [0.15, 0.2) is 0 Å². The van der Waals surface area contributed by atoms with Gasteiger partial charge in [-0.3, -0.25) is 0 Å². The Morgan fingerprint density at radius 3 is 2.10 bits per heavy atom. The van der Waals surface area contributed by atoms with Crippen molar-refractivity contribution in [2.75, 3.05) is 18.0 Å². The van der Waals surface area contributed by atoms with Gasteiger partial charge in [0, 0.05) is 12.2 Å². The summed E-state index contributed by atoms with van der Waals surface area (Å²) in [6, 6.07) is 13.2. The van der Waals surface area contributed by atoms with E-state index in [1.807, 2.05) is 12.1 Å². The number of benzene rings is 2. The predicted octanol–water partition coefficient (Wildman–Crippen LogP) is 3.49. The van der Waals surface area contributed by atoms with E-state index in [0.29, 0.717) is 12.5 Å². The minimum absolute atomic E-state index is 0.112. The molecule has 2 N–H and O–H groups in total. The Morgan fingerprint density at radius 2 is 1.52 bits per heavy atom. The van der Waals surface area contributed by atoms with E-state index in [1.165, 1.54) is 24.3 Å². The normalized spacial score (nSPS) is 21.8. The molecular formula is C17H18F2N2. The molecule has 0 spiro atoms. The van der Waals surface area contributed by atoms with Crippen molar-refractivity contribution in [2.24, 2.45) is 11.7 Å². The van der Waals surface area contributed by atoms with Gasteiger partial charge in [-0.25, -0.2) is 8.78 Å². The fourth-order valence-corrected chi connectivity index (χ4v) is 3.14. The van der Waals surface area contributed by atoms with Crippen molar-refractivity contribution in [1.29, 1.82) is 0 Å². The van der Waals surface area contributed by atoms with Crippen molar-refractivity contribution < 1.29 is 8.78 Å². The Morgan fingerprint density at radius 1 is 0.952 bits per heavy atom. The van der Waals surface area contributed by atoms with Crippen LogP contribution in [0.5, 0.6) is 0 Å². The number of nitrogens with two attached hydrogens (primary N) is 1. The van der Waals surface area contributed by atoms with Gasteiger partial charge in [0.25, 0.3) is 0 Å². The summed E-state index contributed by atoms with van der Waals surface area (Å²) in [6.45, 7) is 1.45. The third-order valence-corrected chi connectivity index (χ3v) is 4.20. The summed E-state index contributed by atoms with van der Waals surface area (Å²) in [5.41, 5.74) is 7.92. The second kappa shape index (κ2) is 5.82. The van der Waals surface area contributed by atoms with Crippen molar-refractivity contribution in [2.45, 2.75) is 12.5 Å². The van der Waals surface area contributed by atoms with Gasteiger partial charge in [-0.1, -0.05) is 12.1 Å². The lowest BCUT2D eigenvalue weighted by molar-refractivity contribution is 0.495. The molecule has 2 aromatic carbocycles. The molecule has 2 atom stereocenters. The smallest absolute Gasteiger partial charge is 0.123 e. The number of halogens is 2. The first-order chi connectivity index (χ1) is 10.2. The number of hydrogen-bond acceptors (Lipinski definition) is 2. The summed E-state index contributed by atoms with van der Waals surface area (Å²) >= 11 is 0. The van der Waals surface area contributed by atoms with Crippen LogP contribution < -0.4 is 10.6 Å². The average Bonchev–Trinajstić information content (AvgIpc) is 2.93. The molecule has 1 aliphatic rings. The van der Waals surface area contributed by atoms with Crippen molar-refractivity contribution in [3.63, 3.8) is 0 Å². The summed E-state index contributed by atoms with van der Waals surface area (Å²) in [4.78, 5) is 2.23. The van der Waals surface area contributed by atoms with Crippen LogP contribution in [0.25, 0.3) is 0 Å². The van der Waals surface area contributed by atoms with E-state index in [9.17, 15) is 8.78 Å². The molecule has 110 valence electrons. The molecule has 0 aromatic heterocycles. The zero-order chi connectivity index (χ0) is 14.8. The first-order valence-electron chi connectivity index (χ1n) is 7.17. The van der Waals surface area contributed by atoms with Crippen LogP contribution in [0.3, 0.4) is 0 Å². The highest BCUT2D eigenvalue weighted by Crippen LogP contribution is 2.39. The number of rotatable bonds is 3. The van der Waals surface area contributed by atoms with Crippen LogP contribution in [0.1, 0.15) is 18.0 Å². The van der Waals surface area contributed by atoms with Crippen molar-refractivity contribution >= 4 is 5.69 Å². The first-order valence-corrected chi connectivity index (χ1v) is 7.17. The summed E-state index contributed by atoms with van der Waals surface area (Å²) in [5.74, 6) is -0.165. The van der Waals surface area contributed by atoms with E-state index in [4.69, 9.17) is 5.73 Å². The Bertz CT molecular complexity index is 595. The van der Waals surface area contributed by atoms with Crippen LogP contribution in [0.15, 0.2) is 48.5 Å². The van der Waals surface area contributed by atoms with Crippen molar-refractivity contribution in [3.05, 3.63) is 65.7 Å². The fourth-order valence-electron chi connectivity index (χ4n) is 3.14. The molecule has 2 nitrogen and oxygen atoms in total. The fraction of sp³-hybridized carbons (Fsp3) is 0.294. The molecule has 0 radical (unpaired) electrons. The lowest BCUT2D eigenvalue weighted by atomic mass is 9.93. The largest absolute Gasteiger partial charge is 0.364 e. The lowest BCUT2D eigenvalue weighted by Crippen LogP contribution is -2.28. The zero-order valence-corrected chi connectivity index (χ0v) is 11.7. The van der Waals surface area contributed by atoms with Crippen LogP contribution in [0.4, 0.5) is 14.5 Å². The minimum atomic E-state index is -0.244. The number of nitrogens with zero attached hydrogens (tertiary/aromatic N) is 1. The first kappa shape index (κ1) is 14.0. The van der Waals surface area contributed by atoms with E-state index < -0.39 is 0 Å². The van der Waals surface area contributed by atoms with Gasteiger partial charge in [0.1, 0.15) is 11.6 Å². The van der Waals surface area contributed by atoms with Gasteiger partial charge in [0.05, 0.1) is 6.04 Å². The number of hydrogen-bond donors (Lipinski definition) is 1. The van der Waals surface area contributed by atoms with Gasteiger partial charge < -0.3 is 10.6 Å². The van der Waals surface area contributed by atoms with E-state index in [2.05, 4.69) is 4.90 Å². The number of anilines is 1. The molecular weight excluding hydrogens is 270 g/mol. The van der Waals surface area contributed by atoms with Crippen molar-refractivity contribution in [1.82, 2.24) is 0 Å². The highest BCUT2D eigenvalue weighted by atomic mass is 19.1. The van der Waals surface area contributed by atoms with E-state index in [1.54, 1.807) is 12.1 Å². The standard InChI is InChI=1S/C17H18F2N2/c18-14-3-1-12(2-4-14)17-13(11-20)9-10-21(17)16-7-5-15(19)6-8-16/h1-8,13,17H,9-11,20H2. The highest BCUT2D eigenvalue weighted by molar-refractivity contribution is 5.50. The van der Waals surface area contributed by atoms with Gasteiger partial charge in [-0.2, -0.15) is 0 Å². The Balaban J connectivity index is 1.95. The topological polar surface area (TPSA) is 29.3 Å². The average molecular weight is 288 g/mol. The SMILES string of the molecule is NCC1CCN(c2ccc(F)cc2)C1c1ccc(F)cc1. The Hall–Kier alpha value is -1.94. The molecule has 2 aromatic rings. The molecule has 1 aliphatic heterocycles. The molecule has 1 fully saturated rings. The van der Waals surface area contributed by atoms with Gasteiger partial charge in [0.2, 0.25) is 0 Å². The Kier molecular flexibility index (Phi) is 3.88. The summed E-state index contributed by atoms with van der Waals surface area (Å²) in [5, 5.41) is 0. The zero-order valence-electron chi connectivity index (χ0n) is 11.7. The van der Waals surface area contributed by atoms with E-state index >= 15 is 0 Å². The van der Waals surface area contributed by atoms with Gasteiger partial charge >= 0.3 is 0 Å². The minimum Gasteiger partial charge on any atom is -0.364 e. The molecule has 4 heteroatoms. The third-order valence-electron chi connectivity index (χ3n) is 4.20. The third kappa shape index (κ3) is 2.76. The summed E-state index contributed by atoms with van der Waals surface area (Å²) in [7, 11) is 0. The van der Waals surface area contributed by atoms with Crippen LogP contribution in [0.2, 0.25) is 0 Å². The highest BCUT2D eigenvalue weighted by Gasteiger charge is 2.34. The van der Waals surface area contributed by atoms with E-state index in [-0.39, 0.29) is 17.7 Å². The molecule has 0 aliphatic carbocycles. The monoisotopic (exact) mass is 288 g/mol. The maximum absolute atomic E-state index is 13.1. The second-order valence-electron chi connectivity index (χ2n) is 5.45. The van der Waals surface area contributed by atoms with Crippen LogP contribution >= 0.6 is 0 Å². The molecule has 2 unspecified atom stereocenters. The predicted molar refractivity (Wildman–Crippen MR) is 80.0 cm³/mol. The van der Waals surface area contributed by atoms with Gasteiger partial charge in [-0.15, -0.1) is 0 Å². The molecule has 1 saturated heterocycles. The molecule has 1 heterocycles. The van der Waals surface area contributed by atoms with Gasteiger partial charge in [-0.05, 0) is 60.8 Å². The maximum Gasteiger partial charge on any atom is 0.123 e. The summed E-state index contributed by atoms with van der Waals surface area (Å²) < 4.78 is 26.2. The van der Waals surface area contributed by atoms with E-state index in [0.717, 1.165) is 24.2 Å². The molecule has 0 saturated carbocycles. The molecule has 0 amide bonds. The molecule has 3 rings (SSSR count). The lowest BCUT2D eigenvalue weighted by Gasteiger charge is -2.30. The van der Waals surface area contributed by atoms with Crippen molar-refractivity contribution in [3.8, 4) is 0 Å².